The van der Waals surface area contributed by atoms with Crippen LogP contribution in [0.25, 0.3) is 0 Å². The topological polar surface area (TPSA) is 55.1 Å². The normalized spacial score (nSPS) is 15.6. The van der Waals surface area contributed by atoms with Gasteiger partial charge in [-0.2, -0.15) is 0 Å². The molecule has 3 N–H and O–H groups in total. The average molecular weight is 172 g/mol. The molecule has 72 valence electrons. The third-order valence-electron chi connectivity index (χ3n) is 2.06. The lowest BCUT2D eigenvalue weighted by Gasteiger charge is -2.26. The van der Waals surface area contributed by atoms with Gasteiger partial charge in [0.15, 0.2) is 0 Å². The first-order valence-corrected chi connectivity index (χ1v) is 4.61. The summed E-state index contributed by atoms with van der Waals surface area (Å²) >= 11 is 0. The molecule has 0 aromatic heterocycles. The van der Waals surface area contributed by atoms with Crippen molar-refractivity contribution in [3.63, 3.8) is 0 Å². The largest absolute Gasteiger partial charge is 0.368 e. The number of hydrogen-bond donors (Lipinski definition) is 2. The Morgan fingerprint density at radius 2 is 2.00 bits per heavy atom. The van der Waals surface area contributed by atoms with Crippen molar-refractivity contribution in [1.82, 2.24) is 5.32 Å². The molecule has 0 aromatic carbocycles. The van der Waals surface area contributed by atoms with Gasteiger partial charge < -0.3 is 11.1 Å². The molecule has 12 heavy (non-hydrogen) atoms. The first-order valence-electron chi connectivity index (χ1n) is 4.61. The van der Waals surface area contributed by atoms with Crippen molar-refractivity contribution >= 4 is 5.91 Å². The van der Waals surface area contributed by atoms with Gasteiger partial charge in [0.25, 0.3) is 0 Å². The molecule has 0 fully saturated rings. The Hall–Kier alpha value is -0.570. The second-order valence-electron chi connectivity index (χ2n) is 3.37. The van der Waals surface area contributed by atoms with Gasteiger partial charge in [0, 0.05) is 0 Å². The van der Waals surface area contributed by atoms with Gasteiger partial charge in [0.1, 0.15) is 0 Å². The summed E-state index contributed by atoms with van der Waals surface area (Å²) in [4.78, 5) is 11.1. The van der Waals surface area contributed by atoms with Crippen LogP contribution in [-0.4, -0.2) is 18.0 Å². The number of carbonyl (C=O) groups is 1. The Labute approximate surface area is 74.7 Å². The Kier molecular flexibility index (Phi) is 4.90. The molecule has 0 bridgehead atoms. The first-order chi connectivity index (χ1) is 5.56. The molecule has 0 aliphatic heterocycles. The minimum absolute atomic E-state index is 0.252. The molecule has 0 aliphatic rings. The lowest BCUT2D eigenvalue weighted by molar-refractivity contribution is -0.124. The molecular formula is C9H20N2O. The van der Waals surface area contributed by atoms with Gasteiger partial charge >= 0.3 is 0 Å². The monoisotopic (exact) mass is 172 g/mol. The van der Waals surface area contributed by atoms with Crippen LogP contribution in [0.5, 0.6) is 0 Å². The Morgan fingerprint density at radius 3 is 2.33 bits per heavy atom. The van der Waals surface area contributed by atoms with Crippen molar-refractivity contribution in [3.8, 4) is 0 Å². The lowest BCUT2D eigenvalue weighted by atomic mass is 9.95. The minimum atomic E-state index is -0.509. The molecular weight excluding hydrogens is 152 g/mol. The zero-order chi connectivity index (χ0) is 9.61. The summed E-state index contributed by atoms with van der Waals surface area (Å²) in [7, 11) is 0. The van der Waals surface area contributed by atoms with Crippen molar-refractivity contribution in [2.45, 2.75) is 45.6 Å². The molecule has 1 unspecified atom stereocenters. The van der Waals surface area contributed by atoms with E-state index in [2.05, 4.69) is 19.2 Å². The second kappa shape index (κ2) is 5.14. The Bertz CT molecular complexity index is 147. The highest BCUT2D eigenvalue weighted by molar-refractivity contribution is 5.84. The van der Waals surface area contributed by atoms with Crippen LogP contribution in [0.1, 0.15) is 40.0 Å². The average Bonchev–Trinajstić information content (AvgIpc) is 2.01. The minimum Gasteiger partial charge on any atom is -0.368 e. The van der Waals surface area contributed by atoms with E-state index in [1.54, 1.807) is 0 Å². The van der Waals surface area contributed by atoms with Crippen LogP contribution in [0.3, 0.4) is 0 Å². The van der Waals surface area contributed by atoms with Crippen LogP contribution in [0.2, 0.25) is 0 Å². The summed E-state index contributed by atoms with van der Waals surface area (Å²) in [5.41, 5.74) is 4.79. The third kappa shape index (κ3) is 3.22. The summed E-state index contributed by atoms with van der Waals surface area (Å²) in [5.74, 6) is -0.252. The van der Waals surface area contributed by atoms with Crippen LogP contribution in [0, 0.1) is 0 Å². The molecule has 0 heterocycles. The van der Waals surface area contributed by atoms with E-state index in [-0.39, 0.29) is 5.91 Å². The van der Waals surface area contributed by atoms with E-state index in [4.69, 9.17) is 5.73 Å². The molecule has 3 heteroatoms. The van der Waals surface area contributed by atoms with E-state index in [1.165, 1.54) is 0 Å². The molecule has 1 amide bonds. The maximum Gasteiger partial charge on any atom is 0.237 e. The van der Waals surface area contributed by atoms with Crippen LogP contribution in [0.4, 0.5) is 0 Å². The summed E-state index contributed by atoms with van der Waals surface area (Å²) in [6, 6.07) is 0. The quantitative estimate of drug-likeness (QED) is 0.628. The van der Waals surface area contributed by atoms with Crippen LogP contribution in [-0.2, 0) is 4.79 Å². The van der Waals surface area contributed by atoms with Crippen molar-refractivity contribution < 1.29 is 4.79 Å². The molecule has 1 atom stereocenters. The van der Waals surface area contributed by atoms with Gasteiger partial charge in [0.2, 0.25) is 5.91 Å². The Morgan fingerprint density at radius 1 is 1.42 bits per heavy atom. The van der Waals surface area contributed by atoms with Gasteiger partial charge in [-0.25, -0.2) is 0 Å². The SMILES string of the molecule is CCCNC(C)(CCC)C(N)=O. The van der Waals surface area contributed by atoms with E-state index >= 15 is 0 Å². The van der Waals surface area contributed by atoms with E-state index in [0.29, 0.717) is 0 Å². The van der Waals surface area contributed by atoms with E-state index in [1.807, 2.05) is 6.92 Å². The van der Waals surface area contributed by atoms with E-state index in [0.717, 1.165) is 25.8 Å². The number of nitrogens with one attached hydrogen (secondary N) is 1. The predicted octanol–water partition coefficient (Wildman–Crippen LogP) is 1.03. The third-order valence-corrected chi connectivity index (χ3v) is 2.06. The number of amides is 1. The van der Waals surface area contributed by atoms with Gasteiger partial charge in [-0.1, -0.05) is 20.3 Å². The zero-order valence-electron chi connectivity index (χ0n) is 8.31. The first kappa shape index (κ1) is 11.4. The van der Waals surface area contributed by atoms with Gasteiger partial charge in [-0.05, 0) is 26.3 Å². The molecule has 0 saturated heterocycles. The number of hydrogen-bond acceptors (Lipinski definition) is 2. The van der Waals surface area contributed by atoms with Crippen molar-refractivity contribution in [2.75, 3.05) is 6.54 Å². The second-order valence-corrected chi connectivity index (χ2v) is 3.37. The smallest absolute Gasteiger partial charge is 0.237 e. The fraction of sp³-hybridized carbons (Fsp3) is 0.889. The molecule has 0 spiro atoms. The van der Waals surface area contributed by atoms with Crippen molar-refractivity contribution in [1.29, 1.82) is 0 Å². The summed E-state index contributed by atoms with van der Waals surface area (Å²) < 4.78 is 0. The molecule has 0 saturated carbocycles. The highest BCUT2D eigenvalue weighted by Gasteiger charge is 2.28. The maximum atomic E-state index is 11.1. The maximum absolute atomic E-state index is 11.1. The standard InChI is InChI=1S/C9H20N2O/c1-4-6-9(3,8(10)12)11-7-5-2/h11H,4-7H2,1-3H3,(H2,10,12). The molecule has 0 aliphatic carbocycles. The predicted molar refractivity (Wildman–Crippen MR) is 50.8 cm³/mol. The van der Waals surface area contributed by atoms with Crippen molar-refractivity contribution in [2.24, 2.45) is 5.73 Å². The summed E-state index contributed by atoms with van der Waals surface area (Å²) in [6.45, 7) is 6.84. The fourth-order valence-corrected chi connectivity index (χ4v) is 1.20. The summed E-state index contributed by atoms with van der Waals surface area (Å²) in [5, 5.41) is 3.17. The molecule has 3 nitrogen and oxygen atoms in total. The van der Waals surface area contributed by atoms with Crippen LogP contribution >= 0.6 is 0 Å². The molecule has 0 radical (unpaired) electrons. The van der Waals surface area contributed by atoms with Gasteiger partial charge in [-0.15, -0.1) is 0 Å². The summed E-state index contributed by atoms with van der Waals surface area (Å²) in [6.07, 6.45) is 2.80. The van der Waals surface area contributed by atoms with E-state index in [9.17, 15) is 4.79 Å². The number of primary amides is 1. The molecule has 0 rings (SSSR count). The fourth-order valence-electron chi connectivity index (χ4n) is 1.20. The molecule has 0 aromatic rings. The van der Waals surface area contributed by atoms with Gasteiger partial charge in [-0.3, -0.25) is 4.79 Å². The highest BCUT2D eigenvalue weighted by atomic mass is 16.1. The zero-order valence-corrected chi connectivity index (χ0v) is 8.31. The van der Waals surface area contributed by atoms with Crippen molar-refractivity contribution in [3.05, 3.63) is 0 Å². The number of rotatable bonds is 6. The highest BCUT2D eigenvalue weighted by Crippen LogP contribution is 2.11. The van der Waals surface area contributed by atoms with E-state index < -0.39 is 5.54 Å². The number of nitrogens with two attached hydrogens (primary N) is 1. The lowest BCUT2D eigenvalue weighted by Crippen LogP contribution is -2.53. The van der Waals surface area contributed by atoms with Crippen LogP contribution < -0.4 is 11.1 Å². The van der Waals surface area contributed by atoms with Crippen LogP contribution in [0.15, 0.2) is 0 Å². The number of carbonyl (C=O) groups excluding carboxylic acids is 1. The van der Waals surface area contributed by atoms with Gasteiger partial charge in [0.05, 0.1) is 5.54 Å². The Balaban J connectivity index is 4.08.